The van der Waals surface area contributed by atoms with Gasteiger partial charge >= 0.3 is 0 Å². The van der Waals surface area contributed by atoms with Crippen molar-refractivity contribution in [1.82, 2.24) is 9.62 Å². The minimum absolute atomic E-state index is 0.0630. The highest BCUT2D eigenvalue weighted by Gasteiger charge is 2.27. The van der Waals surface area contributed by atoms with Crippen molar-refractivity contribution in [3.8, 4) is 5.75 Å². The van der Waals surface area contributed by atoms with Gasteiger partial charge in [-0.05, 0) is 62.6 Å². The summed E-state index contributed by atoms with van der Waals surface area (Å²) in [4.78, 5) is 12.8. The first-order chi connectivity index (χ1) is 13.9. The lowest BCUT2D eigenvalue weighted by Crippen LogP contribution is -2.36. The number of hydrogen-bond acceptors (Lipinski definition) is 4. The van der Waals surface area contributed by atoms with Gasteiger partial charge in [0.05, 0.1) is 11.0 Å². The number of rotatable bonds is 7. The molecule has 0 unspecified atom stereocenters. The molecule has 1 N–H and O–H groups in total. The molecule has 0 atom stereocenters. The molecule has 1 amide bonds. The Morgan fingerprint density at radius 2 is 1.69 bits per heavy atom. The lowest BCUT2D eigenvalue weighted by Gasteiger charge is -2.26. The number of nitrogens with one attached hydrogen (secondary N) is 1. The number of hydrogen-bond donors (Lipinski definition) is 1. The number of carbonyl (C=O) groups excluding carboxylic acids is 1. The van der Waals surface area contributed by atoms with Gasteiger partial charge in [-0.3, -0.25) is 4.79 Å². The Morgan fingerprint density at radius 3 is 2.34 bits per heavy atom. The van der Waals surface area contributed by atoms with E-state index in [1.54, 1.807) is 52.8 Å². The third kappa shape index (κ3) is 5.36. The van der Waals surface area contributed by atoms with Crippen LogP contribution in [0.2, 0.25) is 0 Å². The summed E-state index contributed by atoms with van der Waals surface area (Å²) in [6, 6.07) is 13.8. The van der Waals surface area contributed by atoms with Crippen LogP contribution >= 0.6 is 0 Å². The van der Waals surface area contributed by atoms with E-state index >= 15 is 0 Å². The molecule has 1 heterocycles. The second-order valence-electron chi connectivity index (χ2n) is 7.45. The average Bonchev–Trinajstić information content (AvgIpc) is 2.73. The molecule has 2 aromatic rings. The molecule has 156 valence electrons. The first-order valence-electron chi connectivity index (χ1n) is 10.0. The van der Waals surface area contributed by atoms with Crippen LogP contribution in [0.5, 0.6) is 5.75 Å². The summed E-state index contributed by atoms with van der Waals surface area (Å²) < 4.78 is 33.2. The van der Waals surface area contributed by atoms with Crippen LogP contribution in [0.1, 0.15) is 49.0 Å². The summed E-state index contributed by atoms with van der Waals surface area (Å²) in [5.74, 6) is 0.445. The van der Waals surface area contributed by atoms with Crippen LogP contribution < -0.4 is 10.1 Å². The smallest absolute Gasteiger partial charge is 0.251 e. The molecule has 1 fully saturated rings. The Morgan fingerprint density at radius 1 is 1.03 bits per heavy atom. The molecular weight excluding hydrogens is 388 g/mol. The second-order valence-corrected chi connectivity index (χ2v) is 9.35. The first-order valence-corrected chi connectivity index (χ1v) is 11.4. The van der Waals surface area contributed by atoms with Gasteiger partial charge in [-0.1, -0.05) is 24.6 Å². The fraction of sp³-hybridized carbons (Fsp3) is 0.409. The van der Waals surface area contributed by atoms with Crippen molar-refractivity contribution >= 4 is 15.9 Å². The van der Waals surface area contributed by atoms with Crippen LogP contribution in [-0.2, 0) is 16.6 Å². The van der Waals surface area contributed by atoms with Crippen LogP contribution in [0.3, 0.4) is 0 Å². The molecule has 0 radical (unpaired) electrons. The molecule has 29 heavy (non-hydrogen) atoms. The predicted octanol–water partition coefficient (Wildman–Crippen LogP) is 3.58. The molecule has 1 saturated heterocycles. The molecule has 1 aliphatic heterocycles. The normalized spacial score (nSPS) is 15.3. The number of benzene rings is 2. The maximum atomic E-state index is 13.0. The van der Waals surface area contributed by atoms with Crippen molar-refractivity contribution in [1.29, 1.82) is 0 Å². The summed E-state index contributed by atoms with van der Waals surface area (Å²) in [6.45, 7) is 5.12. The molecule has 1 aliphatic rings. The summed E-state index contributed by atoms with van der Waals surface area (Å²) >= 11 is 0. The van der Waals surface area contributed by atoms with Gasteiger partial charge in [0, 0.05) is 25.2 Å². The lowest BCUT2D eigenvalue weighted by atomic mass is 10.2. The van der Waals surface area contributed by atoms with Gasteiger partial charge in [-0.25, -0.2) is 8.42 Å². The summed E-state index contributed by atoms with van der Waals surface area (Å²) in [5, 5.41) is 2.83. The molecule has 7 heteroatoms. The van der Waals surface area contributed by atoms with Crippen molar-refractivity contribution in [3.05, 3.63) is 59.7 Å². The number of piperidine rings is 1. The molecule has 0 spiro atoms. The van der Waals surface area contributed by atoms with Crippen molar-refractivity contribution in [2.45, 2.75) is 50.7 Å². The van der Waals surface area contributed by atoms with E-state index in [0.717, 1.165) is 19.3 Å². The Kier molecular flexibility index (Phi) is 6.92. The first kappa shape index (κ1) is 21.3. The van der Waals surface area contributed by atoms with Crippen molar-refractivity contribution < 1.29 is 17.9 Å². The largest absolute Gasteiger partial charge is 0.491 e. The second kappa shape index (κ2) is 9.41. The number of sulfonamides is 1. The Balaban J connectivity index is 1.70. The lowest BCUT2D eigenvalue weighted by molar-refractivity contribution is 0.0950. The van der Waals surface area contributed by atoms with Gasteiger partial charge in [-0.15, -0.1) is 0 Å². The van der Waals surface area contributed by atoms with E-state index in [4.69, 9.17) is 4.74 Å². The zero-order valence-corrected chi connectivity index (χ0v) is 17.7. The molecular formula is C22H28N2O4S. The molecule has 3 rings (SSSR count). The van der Waals surface area contributed by atoms with Gasteiger partial charge in [0.25, 0.3) is 5.91 Å². The van der Waals surface area contributed by atoms with Crippen molar-refractivity contribution in [2.24, 2.45) is 0 Å². The van der Waals surface area contributed by atoms with E-state index in [2.05, 4.69) is 5.32 Å². The number of ether oxygens (including phenoxy) is 1. The minimum atomic E-state index is -3.56. The van der Waals surface area contributed by atoms with E-state index in [-0.39, 0.29) is 23.5 Å². The van der Waals surface area contributed by atoms with Crippen molar-refractivity contribution in [3.63, 3.8) is 0 Å². The zero-order valence-electron chi connectivity index (χ0n) is 16.9. The Hall–Kier alpha value is -2.38. The fourth-order valence-electron chi connectivity index (χ4n) is 3.38. The van der Waals surface area contributed by atoms with Crippen LogP contribution in [0.15, 0.2) is 53.4 Å². The van der Waals surface area contributed by atoms with Gasteiger partial charge in [0.2, 0.25) is 10.0 Å². The van der Waals surface area contributed by atoms with Gasteiger partial charge in [-0.2, -0.15) is 4.31 Å². The topological polar surface area (TPSA) is 75.7 Å². The monoisotopic (exact) mass is 416 g/mol. The SMILES string of the molecule is CC(C)Oc1ccc(C(=O)NCc2ccccc2S(=O)(=O)N2CCCCC2)cc1. The highest BCUT2D eigenvalue weighted by atomic mass is 32.2. The highest BCUT2D eigenvalue weighted by Crippen LogP contribution is 2.23. The zero-order chi connectivity index (χ0) is 20.9. The molecule has 0 bridgehead atoms. The van der Waals surface area contributed by atoms with E-state index in [0.29, 0.717) is 30.0 Å². The minimum Gasteiger partial charge on any atom is -0.491 e. The quantitative estimate of drug-likeness (QED) is 0.749. The van der Waals surface area contributed by atoms with E-state index in [1.165, 1.54) is 0 Å². The molecule has 2 aromatic carbocycles. The average molecular weight is 417 g/mol. The maximum Gasteiger partial charge on any atom is 0.251 e. The van der Waals surface area contributed by atoms with Crippen molar-refractivity contribution in [2.75, 3.05) is 13.1 Å². The van der Waals surface area contributed by atoms with E-state index in [1.807, 2.05) is 13.8 Å². The van der Waals surface area contributed by atoms with Crippen LogP contribution in [0.4, 0.5) is 0 Å². The Labute approximate surface area is 172 Å². The van der Waals surface area contributed by atoms with E-state index < -0.39 is 10.0 Å². The molecule has 0 saturated carbocycles. The number of amides is 1. The van der Waals surface area contributed by atoms with Gasteiger partial charge < -0.3 is 10.1 Å². The maximum absolute atomic E-state index is 13.0. The predicted molar refractivity (Wildman–Crippen MR) is 112 cm³/mol. The molecule has 0 aliphatic carbocycles. The number of carbonyl (C=O) groups is 1. The van der Waals surface area contributed by atoms with E-state index in [9.17, 15) is 13.2 Å². The standard InChI is InChI=1S/C22H28N2O4S/c1-17(2)28-20-12-10-18(11-13-20)22(25)23-16-19-8-4-5-9-21(19)29(26,27)24-14-6-3-7-15-24/h4-5,8-13,17H,3,6-7,14-16H2,1-2H3,(H,23,25). The number of nitrogens with zero attached hydrogens (tertiary/aromatic N) is 1. The third-order valence-corrected chi connectivity index (χ3v) is 6.83. The summed E-state index contributed by atoms with van der Waals surface area (Å²) in [6.07, 6.45) is 2.89. The highest BCUT2D eigenvalue weighted by molar-refractivity contribution is 7.89. The molecule has 0 aromatic heterocycles. The Bertz CT molecular complexity index is 934. The van der Waals surface area contributed by atoms with Gasteiger partial charge in [0.1, 0.15) is 5.75 Å². The summed E-state index contributed by atoms with van der Waals surface area (Å²) in [5.41, 5.74) is 1.09. The fourth-order valence-corrected chi connectivity index (χ4v) is 5.12. The van der Waals surface area contributed by atoms with Crippen LogP contribution in [-0.4, -0.2) is 37.8 Å². The van der Waals surface area contributed by atoms with Crippen LogP contribution in [0, 0.1) is 0 Å². The summed E-state index contributed by atoms with van der Waals surface area (Å²) in [7, 11) is -3.56. The third-order valence-electron chi connectivity index (χ3n) is 4.83. The van der Waals surface area contributed by atoms with Gasteiger partial charge in [0.15, 0.2) is 0 Å². The van der Waals surface area contributed by atoms with Crippen LogP contribution in [0.25, 0.3) is 0 Å². The molecule has 6 nitrogen and oxygen atoms in total.